The van der Waals surface area contributed by atoms with Crippen LogP contribution in [0.25, 0.3) is 0 Å². The lowest BCUT2D eigenvalue weighted by molar-refractivity contribution is -0.145. The molecule has 0 N–H and O–H groups in total. The van der Waals surface area contributed by atoms with Crippen LogP contribution in [0.3, 0.4) is 0 Å². The van der Waals surface area contributed by atoms with E-state index in [1.807, 2.05) is 37.3 Å². The minimum Gasteiger partial charge on any atom is -0.430 e. The van der Waals surface area contributed by atoms with Crippen LogP contribution >= 0.6 is 0 Å². The number of nitrogens with zero attached hydrogens (tertiary/aromatic N) is 1. The van der Waals surface area contributed by atoms with Gasteiger partial charge < -0.3 is 4.74 Å². The molecule has 180 valence electrons. The summed E-state index contributed by atoms with van der Waals surface area (Å²) in [6.07, 6.45) is 4.77. The molecular formula is C25H41NO4SSi. The zero-order valence-corrected chi connectivity index (χ0v) is 22.3. The quantitative estimate of drug-likeness (QED) is 0.205. The Kier molecular flexibility index (Phi) is 9.73. The van der Waals surface area contributed by atoms with Crippen LogP contribution in [0.4, 0.5) is 0 Å². The second-order valence-electron chi connectivity index (χ2n) is 10.1. The van der Waals surface area contributed by atoms with E-state index in [9.17, 15) is 13.2 Å². The van der Waals surface area contributed by atoms with E-state index in [0.29, 0.717) is 25.3 Å². The van der Waals surface area contributed by atoms with Gasteiger partial charge in [-0.1, -0.05) is 83.2 Å². The Morgan fingerprint density at radius 1 is 1.19 bits per heavy atom. The van der Waals surface area contributed by atoms with Gasteiger partial charge in [0, 0.05) is 8.07 Å². The van der Waals surface area contributed by atoms with Gasteiger partial charge in [-0.25, -0.2) is 8.42 Å². The van der Waals surface area contributed by atoms with E-state index in [1.54, 1.807) is 4.31 Å². The first-order valence-electron chi connectivity index (χ1n) is 12.0. The zero-order valence-electron chi connectivity index (χ0n) is 20.5. The normalized spacial score (nSPS) is 20.8. The van der Waals surface area contributed by atoms with Gasteiger partial charge in [0.15, 0.2) is 0 Å². The minimum absolute atomic E-state index is 0.123. The van der Waals surface area contributed by atoms with E-state index in [-0.39, 0.29) is 29.4 Å². The molecule has 1 aliphatic heterocycles. The second kappa shape index (κ2) is 11.6. The number of esters is 1. The van der Waals surface area contributed by atoms with Crippen LogP contribution in [0.1, 0.15) is 64.0 Å². The molecule has 0 saturated carbocycles. The number of sulfonamides is 1. The number of unbranched alkanes of at least 4 members (excludes halogenated alkanes) is 1. The standard InChI is InChI=1S/C25H41NO4SSi/c1-7-9-13-21(8-2)25(27)30-20(3)23-16-17-24(22-14-11-10-12-15-22)26(23)31(28,29)18-19-32(4,5)6/h10-12,14-15,21,23-24H,3,7-9,13,16-19H2,1-2,4-6H3/t21?,23-,24+/m0/s1. The first-order valence-corrected chi connectivity index (χ1v) is 17.3. The molecule has 7 heteroatoms. The number of carbonyl (C=O) groups is 1. The van der Waals surface area contributed by atoms with E-state index in [0.717, 1.165) is 24.8 Å². The number of ether oxygens (including phenoxy) is 1. The van der Waals surface area contributed by atoms with Gasteiger partial charge in [-0.2, -0.15) is 4.31 Å². The maximum absolute atomic E-state index is 13.6. The maximum Gasteiger partial charge on any atom is 0.314 e. The third kappa shape index (κ3) is 7.29. The Labute approximate surface area is 196 Å². The van der Waals surface area contributed by atoms with Gasteiger partial charge in [0.2, 0.25) is 10.0 Å². The fourth-order valence-corrected chi connectivity index (χ4v) is 9.14. The third-order valence-corrected chi connectivity index (χ3v) is 10.3. The highest BCUT2D eigenvalue weighted by Crippen LogP contribution is 2.41. The Balaban J connectivity index is 2.27. The molecule has 0 radical (unpaired) electrons. The molecule has 1 heterocycles. The average Bonchev–Trinajstić information content (AvgIpc) is 3.19. The summed E-state index contributed by atoms with van der Waals surface area (Å²) < 4.78 is 34.4. The number of carbonyl (C=O) groups excluding carboxylic acids is 1. The molecule has 0 aromatic heterocycles. The molecular weight excluding hydrogens is 438 g/mol. The van der Waals surface area contributed by atoms with Crippen LogP contribution < -0.4 is 0 Å². The van der Waals surface area contributed by atoms with Crippen molar-refractivity contribution in [3.63, 3.8) is 0 Å². The van der Waals surface area contributed by atoms with Crippen LogP contribution in [0.15, 0.2) is 42.7 Å². The minimum atomic E-state index is -3.54. The molecule has 2 rings (SSSR count). The van der Waals surface area contributed by atoms with Crippen molar-refractivity contribution in [1.82, 2.24) is 4.31 Å². The van der Waals surface area contributed by atoms with Gasteiger partial charge in [0.1, 0.15) is 5.76 Å². The monoisotopic (exact) mass is 479 g/mol. The Morgan fingerprint density at radius 2 is 1.84 bits per heavy atom. The smallest absolute Gasteiger partial charge is 0.314 e. The van der Waals surface area contributed by atoms with Crippen molar-refractivity contribution in [3.05, 3.63) is 48.2 Å². The molecule has 1 saturated heterocycles. The first kappa shape index (κ1) is 26.8. The van der Waals surface area contributed by atoms with Gasteiger partial charge in [0.05, 0.1) is 23.8 Å². The van der Waals surface area contributed by atoms with Gasteiger partial charge >= 0.3 is 5.97 Å². The summed E-state index contributed by atoms with van der Waals surface area (Å²) in [7, 11) is -5.09. The van der Waals surface area contributed by atoms with Gasteiger partial charge in [-0.3, -0.25) is 4.79 Å². The van der Waals surface area contributed by atoms with Crippen molar-refractivity contribution in [2.45, 2.75) is 90.1 Å². The predicted molar refractivity (Wildman–Crippen MR) is 135 cm³/mol. The number of hydrogen-bond acceptors (Lipinski definition) is 4. The van der Waals surface area contributed by atoms with E-state index in [4.69, 9.17) is 4.74 Å². The van der Waals surface area contributed by atoms with Crippen molar-refractivity contribution in [3.8, 4) is 0 Å². The summed E-state index contributed by atoms with van der Waals surface area (Å²) in [5.41, 5.74) is 0.972. The van der Waals surface area contributed by atoms with Crippen LogP contribution in [0.2, 0.25) is 25.7 Å². The lowest BCUT2D eigenvalue weighted by Gasteiger charge is -2.31. The van der Waals surface area contributed by atoms with E-state index in [2.05, 4.69) is 33.1 Å². The number of rotatable bonds is 12. The number of benzene rings is 1. The molecule has 5 nitrogen and oxygen atoms in total. The summed E-state index contributed by atoms with van der Waals surface area (Å²) in [6.45, 7) is 14.7. The summed E-state index contributed by atoms with van der Waals surface area (Å²) >= 11 is 0. The average molecular weight is 480 g/mol. The van der Waals surface area contributed by atoms with E-state index >= 15 is 0 Å². The summed E-state index contributed by atoms with van der Waals surface area (Å²) in [5.74, 6) is -0.0683. The van der Waals surface area contributed by atoms with Crippen LogP contribution in [0, 0.1) is 5.92 Å². The van der Waals surface area contributed by atoms with E-state index < -0.39 is 24.1 Å². The van der Waals surface area contributed by atoms with Crippen molar-refractivity contribution >= 4 is 24.1 Å². The first-order chi connectivity index (χ1) is 15.0. The molecule has 1 aliphatic rings. The molecule has 0 spiro atoms. The highest BCUT2D eigenvalue weighted by Gasteiger charge is 2.44. The third-order valence-electron chi connectivity index (χ3n) is 6.28. The van der Waals surface area contributed by atoms with Gasteiger partial charge in [-0.15, -0.1) is 0 Å². The Morgan fingerprint density at radius 3 is 2.41 bits per heavy atom. The molecule has 1 aromatic rings. The lowest BCUT2D eigenvalue weighted by atomic mass is 10.00. The second-order valence-corrected chi connectivity index (χ2v) is 17.7. The van der Waals surface area contributed by atoms with Crippen molar-refractivity contribution in [1.29, 1.82) is 0 Å². The SMILES string of the molecule is C=C(OC(=O)C(CC)CCCC)[C@@H]1CC[C@H](c2ccccc2)N1S(=O)(=O)CC[Si](C)(C)C. The zero-order chi connectivity index (χ0) is 23.9. The highest BCUT2D eigenvalue weighted by molar-refractivity contribution is 7.89. The molecule has 3 atom stereocenters. The van der Waals surface area contributed by atoms with Crippen LogP contribution in [-0.2, 0) is 19.6 Å². The fraction of sp³-hybridized carbons (Fsp3) is 0.640. The molecule has 1 aromatic carbocycles. The summed E-state index contributed by atoms with van der Waals surface area (Å²) in [6, 6.07) is 9.67. The summed E-state index contributed by atoms with van der Waals surface area (Å²) in [5, 5.41) is 0. The molecule has 1 unspecified atom stereocenters. The molecule has 0 bridgehead atoms. The predicted octanol–water partition coefficient (Wildman–Crippen LogP) is 6.13. The largest absolute Gasteiger partial charge is 0.430 e. The summed E-state index contributed by atoms with van der Waals surface area (Å²) in [4.78, 5) is 12.8. The highest BCUT2D eigenvalue weighted by atomic mass is 32.2. The lowest BCUT2D eigenvalue weighted by Crippen LogP contribution is -2.41. The Bertz CT molecular complexity index is 864. The Hall–Kier alpha value is -1.44. The van der Waals surface area contributed by atoms with Crippen molar-refractivity contribution in [2.75, 3.05) is 5.75 Å². The van der Waals surface area contributed by atoms with E-state index in [1.165, 1.54) is 0 Å². The van der Waals surface area contributed by atoms with Crippen LogP contribution in [-0.4, -0.2) is 38.6 Å². The van der Waals surface area contributed by atoms with Gasteiger partial charge in [0.25, 0.3) is 0 Å². The van der Waals surface area contributed by atoms with Crippen LogP contribution in [0.5, 0.6) is 0 Å². The van der Waals surface area contributed by atoms with Crippen molar-refractivity contribution in [2.24, 2.45) is 5.92 Å². The van der Waals surface area contributed by atoms with Gasteiger partial charge in [-0.05, 0) is 37.3 Å². The maximum atomic E-state index is 13.6. The fourth-order valence-electron chi connectivity index (χ4n) is 4.23. The molecule has 1 fully saturated rings. The van der Waals surface area contributed by atoms with Crippen molar-refractivity contribution < 1.29 is 17.9 Å². The number of hydrogen-bond donors (Lipinski definition) is 0. The molecule has 0 amide bonds. The topological polar surface area (TPSA) is 63.7 Å². The molecule has 32 heavy (non-hydrogen) atoms. The molecule has 0 aliphatic carbocycles.